The minimum atomic E-state index is 0.0806. The van der Waals surface area contributed by atoms with Crippen molar-refractivity contribution in [2.24, 2.45) is 0 Å². The van der Waals surface area contributed by atoms with Crippen molar-refractivity contribution in [3.05, 3.63) is 58.9 Å². The number of carbonyl (C=O) groups excluding carboxylic acids is 1. The summed E-state index contributed by atoms with van der Waals surface area (Å²) in [6.45, 7) is 12.5. The molecule has 4 heteroatoms. The van der Waals surface area contributed by atoms with Crippen LogP contribution in [0.4, 0.5) is 0 Å². The van der Waals surface area contributed by atoms with Crippen molar-refractivity contribution in [2.75, 3.05) is 19.7 Å². The Bertz CT molecular complexity index is 1160. The number of hydrogen-bond donors (Lipinski definition) is 0. The van der Waals surface area contributed by atoms with Crippen LogP contribution in [0.2, 0.25) is 0 Å². The maximum atomic E-state index is 12.8. The number of benzene rings is 2. The summed E-state index contributed by atoms with van der Waals surface area (Å²) in [7, 11) is 0. The Labute approximate surface area is 184 Å². The molecule has 0 bridgehead atoms. The Balaban J connectivity index is 1.87. The molecule has 0 unspecified atom stereocenters. The number of likely N-dealkylation sites (tertiary alicyclic amines) is 1. The smallest absolute Gasteiger partial charge is 0.246 e. The first-order chi connectivity index (χ1) is 14.9. The largest absolute Gasteiger partial charge is 0.493 e. The summed E-state index contributed by atoms with van der Waals surface area (Å²) in [6.07, 6.45) is 5.76. The number of nitrogens with zero attached hydrogens (tertiary/aromatic N) is 1. The minimum Gasteiger partial charge on any atom is -0.493 e. The van der Waals surface area contributed by atoms with Gasteiger partial charge in [-0.05, 0) is 70.2 Å². The molecule has 1 saturated heterocycles. The molecule has 0 radical (unpaired) electrons. The van der Waals surface area contributed by atoms with Crippen LogP contribution in [0.25, 0.3) is 27.7 Å². The predicted octanol–water partition coefficient (Wildman–Crippen LogP) is 6.45. The Morgan fingerprint density at radius 1 is 1.13 bits per heavy atom. The van der Waals surface area contributed by atoms with E-state index >= 15 is 0 Å². The van der Waals surface area contributed by atoms with E-state index in [9.17, 15) is 4.79 Å². The molecule has 1 aliphatic heterocycles. The molecule has 1 amide bonds. The zero-order valence-corrected chi connectivity index (χ0v) is 19.2. The standard InChI is InChI=1S/C27H31NO3/c1-6-30-26-20(5)27-23(24(16-31-27)21-10-9-17(2)13-18(21)3)15-22(26)19(4)14-25(29)28-11-7-8-12-28/h9-10,13-16H,6-8,11-12H2,1-5H3/b19-14+. The molecule has 162 valence electrons. The van der Waals surface area contributed by atoms with Gasteiger partial charge in [0, 0.05) is 41.2 Å². The van der Waals surface area contributed by atoms with Gasteiger partial charge in [0.1, 0.15) is 11.3 Å². The number of ether oxygens (including phenoxy) is 1. The number of aryl methyl sites for hydroxylation is 3. The summed E-state index contributed by atoms with van der Waals surface area (Å²) in [5.41, 5.74) is 8.35. The summed E-state index contributed by atoms with van der Waals surface area (Å²) in [4.78, 5) is 14.7. The van der Waals surface area contributed by atoms with Crippen LogP contribution in [0.5, 0.6) is 5.75 Å². The van der Waals surface area contributed by atoms with Gasteiger partial charge in [0.15, 0.2) is 0 Å². The van der Waals surface area contributed by atoms with Gasteiger partial charge in [-0.15, -0.1) is 0 Å². The first-order valence-electron chi connectivity index (χ1n) is 11.1. The zero-order valence-electron chi connectivity index (χ0n) is 19.2. The maximum absolute atomic E-state index is 12.8. The van der Waals surface area contributed by atoms with Crippen molar-refractivity contribution >= 4 is 22.4 Å². The zero-order chi connectivity index (χ0) is 22.1. The van der Waals surface area contributed by atoms with Crippen molar-refractivity contribution in [2.45, 2.75) is 47.5 Å². The molecule has 3 aromatic rings. The average molecular weight is 418 g/mol. The summed E-state index contributed by atoms with van der Waals surface area (Å²) in [6, 6.07) is 8.59. The molecule has 1 aliphatic rings. The third-order valence-corrected chi connectivity index (χ3v) is 6.19. The second-order valence-electron chi connectivity index (χ2n) is 8.52. The second-order valence-corrected chi connectivity index (χ2v) is 8.52. The van der Waals surface area contributed by atoms with E-state index in [0.29, 0.717) is 6.61 Å². The SMILES string of the molecule is CCOc1c(/C(C)=C/C(=O)N2CCCC2)cc2c(-c3ccc(C)cc3C)coc2c1C. The van der Waals surface area contributed by atoms with E-state index in [1.165, 1.54) is 11.1 Å². The number of amides is 1. The van der Waals surface area contributed by atoms with E-state index in [1.54, 1.807) is 6.08 Å². The van der Waals surface area contributed by atoms with Gasteiger partial charge in [0.2, 0.25) is 5.91 Å². The highest BCUT2D eigenvalue weighted by atomic mass is 16.5. The first-order valence-corrected chi connectivity index (χ1v) is 11.1. The summed E-state index contributed by atoms with van der Waals surface area (Å²) in [5, 5.41) is 1.05. The van der Waals surface area contributed by atoms with Crippen molar-refractivity contribution < 1.29 is 13.9 Å². The van der Waals surface area contributed by atoms with Gasteiger partial charge in [-0.3, -0.25) is 4.79 Å². The van der Waals surface area contributed by atoms with Crippen molar-refractivity contribution in [3.8, 4) is 16.9 Å². The molecule has 2 heterocycles. The van der Waals surface area contributed by atoms with E-state index < -0.39 is 0 Å². The van der Waals surface area contributed by atoms with Crippen LogP contribution in [0.1, 0.15) is 48.9 Å². The lowest BCUT2D eigenvalue weighted by molar-refractivity contribution is -0.124. The van der Waals surface area contributed by atoms with E-state index in [4.69, 9.17) is 9.15 Å². The van der Waals surface area contributed by atoms with Crippen LogP contribution in [-0.2, 0) is 4.79 Å². The molecule has 1 fully saturated rings. The lowest BCUT2D eigenvalue weighted by atomic mass is 9.94. The molecule has 0 saturated carbocycles. The van der Waals surface area contributed by atoms with Crippen LogP contribution < -0.4 is 4.74 Å². The summed E-state index contributed by atoms with van der Waals surface area (Å²) < 4.78 is 12.1. The number of carbonyl (C=O) groups is 1. The highest BCUT2D eigenvalue weighted by Crippen LogP contribution is 2.41. The lowest BCUT2D eigenvalue weighted by Crippen LogP contribution is -2.25. The van der Waals surface area contributed by atoms with Gasteiger partial charge < -0.3 is 14.1 Å². The fraction of sp³-hybridized carbons (Fsp3) is 0.370. The molecule has 0 aliphatic carbocycles. The van der Waals surface area contributed by atoms with Crippen LogP contribution >= 0.6 is 0 Å². The molecule has 0 atom stereocenters. The van der Waals surface area contributed by atoms with Crippen molar-refractivity contribution in [1.29, 1.82) is 0 Å². The second kappa shape index (κ2) is 8.62. The fourth-order valence-electron chi connectivity index (χ4n) is 4.56. The van der Waals surface area contributed by atoms with E-state index in [0.717, 1.165) is 70.5 Å². The Morgan fingerprint density at radius 2 is 1.87 bits per heavy atom. The number of hydrogen-bond acceptors (Lipinski definition) is 3. The van der Waals surface area contributed by atoms with Gasteiger partial charge in [0.25, 0.3) is 0 Å². The molecule has 4 rings (SSSR count). The van der Waals surface area contributed by atoms with Gasteiger partial charge in [-0.1, -0.05) is 23.8 Å². The molecule has 0 spiro atoms. The molecule has 4 nitrogen and oxygen atoms in total. The lowest BCUT2D eigenvalue weighted by Gasteiger charge is -2.17. The monoisotopic (exact) mass is 417 g/mol. The molecular formula is C27H31NO3. The van der Waals surface area contributed by atoms with Gasteiger partial charge >= 0.3 is 0 Å². The van der Waals surface area contributed by atoms with E-state index in [2.05, 4.69) is 38.1 Å². The van der Waals surface area contributed by atoms with Crippen molar-refractivity contribution in [3.63, 3.8) is 0 Å². The normalized spacial score (nSPS) is 14.5. The van der Waals surface area contributed by atoms with Crippen LogP contribution in [-0.4, -0.2) is 30.5 Å². The Kier molecular flexibility index (Phi) is 5.90. The van der Waals surface area contributed by atoms with Crippen LogP contribution in [0.15, 0.2) is 41.0 Å². The quantitative estimate of drug-likeness (QED) is 0.448. The summed E-state index contributed by atoms with van der Waals surface area (Å²) >= 11 is 0. The predicted molar refractivity (Wildman–Crippen MR) is 126 cm³/mol. The first kappa shape index (κ1) is 21.2. The van der Waals surface area contributed by atoms with Gasteiger partial charge in [-0.25, -0.2) is 0 Å². The van der Waals surface area contributed by atoms with E-state index in [1.807, 2.05) is 31.9 Å². The van der Waals surface area contributed by atoms with E-state index in [-0.39, 0.29) is 5.91 Å². The minimum absolute atomic E-state index is 0.0806. The fourth-order valence-corrected chi connectivity index (χ4v) is 4.56. The van der Waals surface area contributed by atoms with Gasteiger partial charge in [0.05, 0.1) is 12.9 Å². The number of furan rings is 1. The molecule has 0 N–H and O–H groups in total. The van der Waals surface area contributed by atoms with Crippen molar-refractivity contribution in [1.82, 2.24) is 4.90 Å². The third kappa shape index (κ3) is 3.99. The molecular weight excluding hydrogens is 386 g/mol. The molecule has 2 aromatic carbocycles. The van der Waals surface area contributed by atoms with Crippen LogP contribution in [0.3, 0.4) is 0 Å². The maximum Gasteiger partial charge on any atom is 0.246 e. The number of rotatable bonds is 5. The number of fused-ring (bicyclic) bond motifs is 1. The molecule has 1 aromatic heterocycles. The Morgan fingerprint density at radius 3 is 2.55 bits per heavy atom. The number of allylic oxidation sites excluding steroid dienone is 1. The molecule has 31 heavy (non-hydrogen) atoms. The summed E-state index contributed by atoms with van der Waals surface area (Å²) in [5.74, 6) is 0.872. The highest BCUT2D eigenvalue weighted by molar-refractivity contribution is 6.02. The van der Waals surface area contributed by atoms with Gasteiger partial charge in [-0.2, -0.15) is 0 Å². The highest BCUT2D eigenvalue weighted by Gasteiger charge is 2.21. The Hall–Kier alpha value is -3.01. The van der Waals surface area contributed by atoms with Crippen LogP contribution in [0, 0.1) is 20.8 Å². The third-order valence-electron chi connectivity index (χ3n) is 6.19. The topological polar surface area (TPSA) is 42.7 Å². The average Bonchev–Trinajstić information content (AvgIpc) is 3.40.